The Morgan fingerprint density at radius 2 is 1.89 bits per heavy atom. The highest BCUT2D eigenvalue weighted by atomic mass is 32.2. The van der Waals surface area contributed by atoms with Crippen LogP contribution in [0.1, 0.15) is 12.5 Å². The first kappa shape index (κ1) is 18.8. The fourth-order valence-electron chi connectivity index (χ4n) is 2.55. The van der Waals surface area contributed by atoms with Gasteiger partial charge in [0.05, 0.1) is 19.4 Å². The molecule has 0 saturated carbocycles. The number of aliphatic imine (C=N–C) groups is 1. The molecule has 0 unspecified atom stereocenters. The maximum atomic E-state index is 11.8. The molecular formula is C20H20N2O4S. The van der Waals surface area contributed by atoms with E-state index in [0.29, 0.717) is 28.9 Å². The summed E-state index contributed by atoms with van der Waals surface area (Å²) in [5, 5.41) is 1.26. The molecule has 0 aliphatic heterocycles. The number of rotatable bonds is 6. The van der Waals surface area contributed by atoms with Gasteiger partial charge in [-0.3, -0.25) is 0 Å². The van der Waals surface area contributed by atoms with Crippen LogP contribution in [-0.4, -0.2) is 18.9 Å². The van der Waals surface area contributed by atoms with Gasteiger partial charge in [-0.25, -0.2) is 9.79 Å². The Bertz CT molecular complexity index is 1010. The van der Waals surface area contributed by atoms with Crippen LogP contribution in [0.5, 0.6) is 11.5 Å². The van der Waals surface area contributed by atoms with Gasteiger partial charge < -0.3 is 19.6 Å². The van der Waals surface area contributed by atoms with Crippen molar-refractivity contribution in [1.29, 1.82) is 0 Å². The molecule has 0 saturated heterocycles. The fraction of sp³-hybridized carbons (Fsp3) is 0.200. The first-order valence-corrected chi connectivity index (χ1v) is 9.38. The predicted molar refractivity (Wildman–Crippen MR) is 109 cm³/mol. The van der Waals surface area contributed by atoms with Gasteiger partial charge in [0.1, 0.15) is 17.1 Å². The lowest BCUT2D eigenvalue weighted by Gasteiger charge is -2.07. The Balaban J connectivity index is 1.76. The SMILES string of the molecule is CCOc1ccc(N=C(N)SCc2cc(=O)oc3cc(OC)ccc23)cc1. The van der Waals surface area contributed by atoms with Crippen molar-refractivity contribution in [2.45, 2.75) is 12.7 Å². The van der Waals surface area contributed by atoms with Gasteiger partial charge in [-0.05, 0) is 48.9 Å². The molecule has 3 aromatic rings. The molecule has 0 radical (unpaired) electrons. The van der Waals surface area contributed by atoms with E-state index < -0.39 is 5.63 Å². The van der Waals surface area contributed by atoms with Crippen molar-refractivity contribution in [1.82, 2.24) is 0 Å². The van der Waals surface area contributed by atoms with Gasteiger partial charge >= 0.3 is 5.63 Å². The average Bonchev–Trinajstić information content (AvgIpc) is 2.67. The van der Waals surface area contributed by atoms with E-state index >= 15 is 0 Å². The molecule has 0 spiro atoms. The van der Waals surface area contributed by atoms with Crippen LogP contribution in [0.15, 0.2) is 62.7 Å². The summed E-state index contributed by atoms with van der Waals surface area (Å²) in [6.45, 7) is 2.55. The Kier molecular flexibility index (Phi) is 6.03. The first-order valence-electron chi connectivity index (χ1n) is 8.39. The van der Waals surface area contributed by atoms with E-state index in [-0.39, 0.29) is 0 Å². The number of thioether (sulfide) groups is 1. The van der Waals surface area contributed by atoms with Crippen LogP contribution >= 0.6 is 11.8 Å². The second-order valence-electron chi connectivity index (χ2n) is 5.62. The minimum atomic E-state index is -0.409. The molecular weight excluding hydrogens is 364 g/mol. The fourth-order valence-corrected chi connectivity index (χ4v) is 3.26. The normalized spacial score (nSPS) is 11.6. The topological polar surface area (TPSA) is 87.1 Å². The van der Waals surface area contributed by atoms with Crippen LogP contribution in [-0.2, 0) is 5.75 Å². The van der Waals surface area contributed by atoms with E-state index in [1.165, 1.54) is 17.8 Å². The standard InChI is InChI=1S/C20H20N2O4S/c1-3-25-15-6-4-14(5-7-15)22-20(21)27-12-13-10-19(23)26-18-11-16(24-2)8-9-17(13)18/h4-11H,3,12H2,1-2H3,(H2,21,22). The van der Waals surface area contributed by atoms with Crippen LogP contribution in [0, 0.1) is 0 Å². The van der Waals surface area contributed by atoms with E-state index in [2.05, 4.69) is 4.99 Å². The van der Waals surface area contributed by atoms with Crippen molar-refractivity contribution in [3.63, 3.8) is 0 Å². The second kappa shape index (κ2) is 8.64. The summed E-state index contributed by atoms with van der Waals surface area (Å²) >= 11 is 1.36. The number of fused-ring (bicyclic) bond motifs is 1. The first-order chi connectivity index (χ1) is 13.1. The number of nitrogens with zero attached hydrogens (tertiary/aromatic N) is 1. The van der Waals surface area contributed by atoms with Gasteiger partial charge in [-0.1, -0.05) is 11.8 Å². The average molecular weight is 384 g/mol. The molecule has 0 aliphatic rings. The molecule has 6 nitrogen and oxygen atoms in total. The minimum Gasteiger partial charge on any atom is -0.497 e. The molecule has 0 amide bonds. The quantitative estimate of drug-likeness (QED) is 0.391. The van der Waals surface area contributed by atoms with Gasteiger partial charge in [0.2, 0.25) is 0 Å². The zero-order valence-corrected chi connectivity index (χ0v) is 15.9. The summed E-state index contributed by atoms with van der Waals surface area (Å²) in [4.78, 5) is 16.2. The highest BCUT2D eigenvalue weighted by Gasteiger charge is 2.08. The van der Waals surface area contributed by atoms with Gasteiger partial charge in [0, 0.05) is 23.3 Å². The maximum absolute atomic E-state index is 11.8. The Morgan fingerprint density at radius 3 is 2.59 bits per heavy atom. The molecule has 1 aromatic heterocycles. The molecule has 27 heavy (non-hydrogen) atoms. The van der Waals surface area contributed by atoms with Crippen LogP contribution in [0.2, 0.25) is 0 Å². The lowest BCUT2D eigenvalue weighted by molar-refractivity contribution is 0.340. The Hall–Kier alpha value is -2.93. The summed E-state index contributed by atoms with van der Waals surface area (Å²) in [5.74, 6) is 1.92. The largest absolute Gasteiger partial charge is 0.497 e. The van der Waals surface area contributed by atoms with Crippen molar-refractivity contribution in [2.24, 2.45) is 10.7 Å². The van der Waals surface area contributed by atoms with Crippen molar-refractivity contribution in [2.75, 3.05) is 13.7 Å². The van der Waals surface area contributed by atoms with Crippen molar-refractivity contribution in [3.05, 3.63) is 64.5 Å². The number of nitrogens with two attached hydrogens (primary N) is 1. The second-order valence-corrected chi connectivity index (χ2v) is 6.61. The summed E-state index contributed by atoms with van der Waals surface area (Å²) in [6.07, 6.45) is 0. The van der Waals surface area contributed by atoms with Gasteiger partial charge in [0.25, 0.3) is 0 Å². The van der Waals surface area contributed by atoms with Crippen molar-refractivity contribution in [3.8, 4) is 11.5 Å². The molecule has 7 heteroatoms. The van der Waals surface area contributed by atoms with Gasteiger partial charge in [-0.15, -0.1) is 0 Å². The molecule has 1 heterocycles. The molecule has 3 rings (SSSR count). The monoisotopic (exact) mass is 384 g/mol. The zero-order valence-electron chi connectivity index (χ0n) is 15.1. The summed E-state index contributed by atoms with van der Waals surface area (Å²) in [7, 11) is 1.57. The highest BCUT2D eigenvalue weighted by Crippen LogP contribution is 2.26. The number of methoxy groups -OCH3 is 1. The predicted octanol–water partition coefficient (Wildman–Crippen LogP) is 4.08. The molecule has 2 N–H and O–H groups in total. The molecule has 0 fully saturated rings. The van der Waals surface area contributed by atoms with Crippen LogP contribution in [0.4, 0.5) is 5.69 Å². The summed E-state index contributed by atoms with van der Waals surface area (Å²) in [5.41, 5.74) is 7.69. The minimum absolute atomic E-state index is 0.409. The van der Waals surface area contributed by atoms with Gasteiger partial charge in [-0.2, -0.15) is 0 Å². The number of hydrogen-bond donors (Lipinski definition) is 1. The van der Waals surface area contributed by atoms with Crippen molar-refractivity contribution >= 4 is 33.6 Å². The van der Waals surface area contributed by atoms with Crippen LogP contribution in [0.3, 0.4) is 0 Å². The lowest BCUT2D eigenvalue weighted by Crippen LogP contribution is -2.07. The molecule has 0 bridgehead atoms. The summed E-state index contributed by atoms with van der Waals surface area (Å²) < 4.78 is 15.8. The third kappa shape index (κ3) is 4.83. The number of hydrogen-bond acceptors (Lipinski definition) is 6. The number of benzene rings is 2. The Morgan fingerprint density at radius 1 is 1.15 bits per heavy atom. The Labute approximate surface area is 161 Å². The summed E-state index contributed by atoms with van der Waals surface area (Å²) in [6, 6.07) is 14.3. The smallest absolute Gasteiger partial charge is 0.336 e. The van der Waals surface area contributed by atoms with E-state index in [1.807, 2.05) is 43.3 Å². The van der Waals surface area contributed by atoms with Crippen LogP contribution < -0.4 is 20.8 Å². The van der Waals surface area contributed by atoms with Crippen molar-refractivity contribution < 1.29 is 13.9 Å². The molecule has 140 valence electrons. The molecule has 0 atom stereocenters. The zero-order chi connectivity index (χ0) is 19.2. The molecule has 0 aliphatic carbocycles. The maximum Gasteiger partial charge on any atom is 0.336 e. The van der Waals surface area contributed by atoms with E-state index in [9.17, 15) is 4.79 Å². The van der Waals surface area contributed by atoms with E-state index in [1.54, 1.807) is 13.2 Å². The lowest BCUT2D eigenvalue weighted by atomic mass is 10.1. The van der Waals surface area contributed by atoms with E-state index in [4.69, 9.17) is 19.6 Å². The third-order valence-corrected chi connectivity index (χ3v) is 4.64. The number of amidine groups is 1. The highest BCUT2D eigenvalue weighted by molar-refractivity contribution is 8.13. The van der Waals surface area contributed by atoms with E-state index in [0.717, 1.165) is 22.4 Å². The molecule has 2 aromatic carbocycles. The number of ether oxygens (including phenoxy) is 2. The van der Waals surface area contributed by atoms with Crippen LogP contribution in [0.25, 0.3) is 11.0 Å². The van der Waals surface area contributed by atoms with Gasteiger partial charge in [0.15, 0.2) is 5.17 Å². The third-order valence-electron chi connectivity index (χ3n) is 3.80.